The molecule has 1 fully saturated rings. The highest BCUT2D eigenvalue weighted by Crippen LogP contribution is 2.34. The summed E-state index contributed by atoms with van der Waals surface area (Å²) in [6.07, 6.45) is 3.86. The minimum atomic E-state index is -0.859. The van der Waals surface area contributed by atoms with E-state index in [1.165, 1.54) is 11.5 Å². The van der Waals surface area contributed by atoms with Crippen LogP contribution in [0.5, 0.6) is 0 Å². The summed E-state index contributed by atoms with van der Waals surface area (Å²) in [5.74, 6) is 0.457. The molecule has 2 aromatic rings. The highest BCUT2D eigenvalue weighted by Gasteiger charge is 2.29. The van der Waals surface area contributed by atoms with Crippen LogP contribution in [0.15, 0.2) is 9.59 Å². The lowest BCUT2D eigenvalue weighted by molar-refractivity contribution is -0.156. The summed E-state index contributed by atoms with van der Waals surface area (Å²) in [5, 5.41) is 9.86. The monoisotopic (exact) mass is 434 g/mol. The molecule has 1 unspecified atom stereocenters. The van der Waals surface area contributed by atoms with E-state index in [-0.39, 0.29) is 30.7 Å². The topological polar surface area (TPSA) is 108 Å². The molecule has 0 bridgehead atoms. The molecular weight excluding hydrogens is 400 g/mol. The Balaban J connectivity index is 2.25. The number of imidazole rings is 1. The molecule has 0 aliphatic heterocycles. The average Bonchev–Trinajstić information content (AvgIpc) is 3.33. The SMILES string of the molecule is CCCn1c(=O)n(CC(C)O)c(=O)c2c1nc(C1CCCC1)n2COC(=O)C(C)(C)C. The van der Waals surface area contributed by atoms with Gasteiger partial charge in [0.2, 0.25) is 0 Å². The molecule has 0 radical (unpaired) electrons. The van der Waals surface area contributed by atoms with Gasteiger partial charge in [-0.15, -0.1) is 0 Å². The molecular formula is C22H34N4O5. The quantitative estimate of drug-likeness (QED) is 0.670. The van der Waals surface area contributed by atoms with E-state index in [2.05, 4.69) is 0 Å². The van der Waals surface area contributed by atoms with E-state index in [4.69, 9.17) is 9.72 Å². The van der Waals surface area contributed by atoms with Gasteiger partial charge >= 0.3 is 11.7 Å². The molecule has 3 rings (SSSR count). The van der Waals surface area contributed by atoms with Crippen LogP contribution in [0.2, 0.25) is 0 Å². The van der Waals surface area contributed by atoms with E-state index < -0.39 is 22.8 Å². The van der Waals surface area contributed by atoms with Gasteiger partial charge < -0.3 is 9.84 Å². The smallest absolute Gasteiger partial charge is 0.332 e. The summed E-state index contributed by atoms with van der Waals surface area (Å²) < 4.78 is 9.79. The van der Waals surface area contributed by atoms with Gasteiger partial charge in [-0.3, -0.25) is 23.3 Å². The standard InChI is InChI=1S/C22H34N4O5/c1-6-11-24-18-16(19(28)25(21(24)30)12-14(2)27)26(13-31-20(29)22(3,4)5)17(23-18)15-9-7-8-10-15/h14-15,27H,6-13H2,1-5H3. The maximum atomic E-state index is 13.4. The van der Waals surface area contributed by atoms with Gasteiger partial charge in [0.05, 0.1) is 18.1 Å². The van der Waals surface area contributed by atoms with Crippen molar-refractivity contribution in [1.29, 1.82) is 0 Å². The van der Waals surface area contributed by atoms with Gasteiger partial charge in [-0.05, 0) is 47.0 Å². The summed E-state index contributed by atoms with van der Waals surface area (Å²) in [5.41, 5.74) is -1.10. The minimum Gasteiger partial charge on any atom is -0.443 e. The first-order valence-corrected chi connectivity index (χ1v) is 11.1. The second-order valence-corrected chi connectivity index (χ2v) is 9.56. The van der Waals surface area contributed by atoms with Crippen LogP contribution < -0.4 is 11.2 Å². The molecule has 9 heteroatoms. The molecule has 2 heterocycles. The molecule has 0 aromatic carbocycles. The molecule has 1 atom stereocenters. The molecule has 1 N–H and O–H groups in total. The van der Waals surface area contributed by atoms with Crippen molar-refractivity contribution < 1.29 is 14.6 Å². The molecule has 172 valence electrons. The van der Waals surface area contributed by atoms with Gasteiger partial charge in [-0.25, -0.2) is 9.78 Å². The number of carbonyl (C=O) groups excluding carboxylic acids is 1. The fourth-order valence-electron chi connectivity index (χ4n) is 4.12. The average molecular weight is 435 g/mol. The van der Waals surface area contributed by atoms with Gasteiger partial charge in [-0.2, -0.15) is 0 Å². The Bertz CT molecular complexity index is 1060. The Morgan fingerprint density at radius 1 is 1.19 bits per heavy atom. The summed E-state index contributed by atoms with van der Waals surface area (Å²) in [4.78, 5) is 43.6. The van der Waals surface area contributed by atoms with Crippen molar-refractivity contribution in [3.63, 3.8) is 0 Å². The molecule has 1 saturated carbocycles. The third-order valence-electron chi connectivity index (χ3n) is 5.70. The van der Waals surface area contributed by atoms with E-state index in [9.17, 15) is 19.5 Å². The number of aryl methyl sites for hydroxylation is 1. The van der Waals surface area contributed by atoms with Crippen molar-refractivity contribution in [2.45, 2.75) is 98.6 Å². The summed E-state index contributed by atoms with van der Waals surface area (Å²) in [6, 6.07) is 0. The van der Waals surface area contributed by atoms with Crippen LogP contribution in [0.1, 0.15) is 78.5 Å². The minimum absolute atomic E-state index is 0.108. The number of aromatic nitrogens is 4. The lowest BCUT2D eigenvalue weighted by atomic mass is 9.98. The Labute approximate surface area is 181 Å². The Kier molecular flexibility index (Phi) is 6.73. The molecule has 1 aliphatic carbocycles. The number of esters is 1. The maximum Gasteiger partial charge on any atom is 0.332 e. The van der Waals surface area contributed by atoms with E-state index in [0.29, 0.717) is 24.4 Å². The molecule has 0 saturated heterocycles. The number of aliphatic hydroxyl groups excluding tert-OH is 1. The predicted octanol–water partition coefficient (Wildman–Crippen LogP) is 2.35. The predicted molar refractivity (Wildman–Crippen MR) is 117 cm³/mol. The van der Waals surface area contributed by atoms with E-state index in [0.717, 1.165) is 30.3 Å². The number of carbonyl (C=O) groups is 1. The van der Waals surface area contributed by atoms with Crippen LogP contribution in [-0.2, 0) is 29.4 Å². The second kappa shape index (κ2) is 8.98. The zero-order valence-corrected chi connectivity index (χ0v) is 19.2. The van der Waals surface area contributed by atoms with Crippen molar-refractivity contribution in [2.24, 2.45) is 5.41 Å². The van der Waals surface area contributed by atoms with Gasteiger partial charge in [0.1, 0.15) is 5.82 Å². The number of rotatable bonds is 7. The van der Waals surface area contributed by atoms with E-state index in [1.807, 2.05) is 6.92 Å². The molecule has 0 spiro atoms. The Morgan fingerprint density at radius 2 is 1.84 bits per heavy atom. The number of ether oxygens (including phenoxy) is 1. The van der Waals surface area contributed by atoms with Crippen LogP contribution in [-0.4, -0.2) is 35.9 Å². The first-order valence-electron chi connectivity index (χ1n) is 11.1. The molecule has 9 nitrogen and oxygen atoms in total. The van der Waals surface area contributed by atoms with Crippen molar-refractivity contribution in [3.8, 4) is 0 Å². The van der Waals surface area contributed by atoms with Crippen molar-refractivity contribution in [1.82, 2.24) is 18.7 Å². The maximum absolute atomic E-state index is 13.4. The number of hydrogen-bond donors (Lipinski definition) is 1. The number of hydrogen-bond acceptors (Lipinski definition) is 6. The number of aliphatic hydroxyl groups is 1. The lowest BCUT2D eigenvalue weighted by Crippen LogP contribution is -2.42. The highest BCUT2D eigenvalue weighted by molar-refractivity contribution is 5.75. The molecule has 1 aliphatic rings. The van der Waals surface area contributed by atoms with E-state index >= 15 is 0 Å². The van der Waals surface area contributed by atoms with Gasteiger partial charge in [0.15, 0.2) is 17.9 Å². The molecule has 31 heavy (non-hydrogen) atoms. The third kappa shape index (κ3) is 4.61. The molecule has 0 amide bonds. The van der Waals surface area contributed by atoms with Gasteiger partial charge in [0, 0.05) is 12.5 Å². The van der Waals surface area contributed by atoms with Crippen molar-refractivity contribution >= 4 is 17.1 Å². The summed E-state index contributed by atoms with van der Waals surface area (Å²) in [6.45, 7) is 8.96. The second-order valence-electron chi connectivity index (χ2n) is 9.56. The fourth-order valence-corrected chi connectivity index (χ4v) is 4.12. The summed E-state index contributed by atoms with van der Waals surface area (Å²) >= 11 is 0. The summed E-state index contributed by atoms with van der Waals surface area (Å²) in [7, 11) is 0. The Morgan fingerprint density at radius 3 is 2.39 bits per heavy atom. The third-order valence-corrected chi connectivity index (χ3v) is 5.70. The highest BCUT2D eigenvalue weighted by atomic mass is 16.5. The first kappa shape index (κ1) is 23.2. The van der Waals surface area contributed by atoms with Crippen LogP contribution >= 0.6 is 0 Å². The van der Waals surface area contributed by atoms with Crippen LogP contribution in [0.4, 0.5) is 0 Å². The molecule has 2 aromatic heterocycles. The number of fused-ring (bicyclic) bond motifs is 1. The fraction of sp³-hybridized carbons (Fsp3) is 0.727. The normalized spacial score (nSPS) is 16.2. The van der Waals surface area contributed by atoms with E-state index in [1.54, 1.807) is 25.3 Å². The van der Waals surface area contributed by atoms with Crippen LogP contribution in [0.25, 0.3) is 11.2 Å². The first-order chi connectivity index (χ1) is 14.6. The lowest BCUT2D eigenvalue weighted by Gasteiger charge is -2.19. The zero-order valence-electron chi connectivity index (χ0n) is 19.2. The van der Waals surface area contributed by atoms with Crippen LogP contribution in [0.3, 0.4) is 0 Å². The van der Waals surface area contributed by atoms with Crippen LogP contribution in [0, 0.1) is 5.41 Å². The number of nitrogens with zero attached hydrogens (tertiary/aromatic N) is 4. The van der Waals surface area contributed by atoms with Gasteiger partial charge in [-0.1, -0.05) is 19.8 Å². The zero-order chi connectivity index (χ0) is 22.9. The largest absolute Gasteiger partial charge is 0.443 e. The van der Waals surface area contributed by atoms with Crippen molar-refractivity contribution in [2.75, 3.05) is 0 Å². The van der Waals surface area contributed by atoms with Gasteiger partial charge in [0.25, 0.3) is 5.56 Å². The Hall–Kier alpha value is -2.42. The van der Waals surface area contributed by atoms with Crippen molar-refractivity contribution in [3.05, 3.63) is 26.7 Å².